The van der Waals surface area contributed by atoms with Gasteiger partial charge < -0.3 is 14.8 Å². The molecule has 1 heterocycles. The first kappa shape index (κ1) is 11.7. The topological polar surface area (TPSA) is 86.3 Å². The van der Waals surface area contributed by atoms with Crippen molar-refractivity contribution in [3.63, 3.8) is 0 Å². The lowest BCUT2D eigenvalue weighted by Gasteiger charge is -2.04. The summed E-state index contributed by atoms with van der Waals surface area (Å²) in [5.74, 6) is -0.0956. The van der Waals surface area contributed by atoms with Crippen molar-refractivity contribution in [3.05, 3.63) is 53.5 Å². The first-order valence-electron chi connectivity index (χ1n) is 5.25. The molecule has 1 aromatic heterocycles. The Balaban J connectivity index is 2.04. The van der Waals surface area contributed by atoms with Crippen molar-refractivity contribution in [1.29, 1.82) is 5.26 Å². The zero-order chi connectivity index (χ0) is 13.0. The Bertz CT molecular complexity index is 611. The summed E-state index contributed by atoms with van der Waals surface area (Å²) in [6, 6.07) is 11.7. The molecule has 1 aromatic carbocycles. The summed E-state index contributed by atoms with van der Waals surface area (Å²) in [6.45, 7) is 0.394. The van der Waals surface area contributed by atoms with Gasteiger partial charge in [0.05, 0.1) is 12.1 Å². The molecule has 0 fully saturated rings. The average Bonchev–Trinajstić information content (AvgIpc) is 2.84. The number of benzene rings is 1. The van der Waals surface area contributed by atoms with Crippen LogP contribution in [0.5, 0.6) is 0 Å². The number of nitrogens with one attached hydrogen (secondary N) is 1. The molecular weight excluding hydrogens is 232 g/mol. The minimum absolute atomic E-state index is 0.220. The molecule has 0 aliphatic carbocycles. The van der Waals surface area contributed by atoms with E-state index in [9.17, 15) is 4.79 Å². The highest BCUT2D eigenvalue weighted by molar-refractivity contribution is 5.88. The highest BCUT2D eigenvalue weighted by atomic mass is 16.4. The van der Waals surface area contributed by atoms with Gasteiger partial charge >= 0.3 is 5.97 Å². The summed E-state index contributed by atoms with van der Waals surface area (Å²) in [6.07, 6.45) is 0. The summed E-state index contributed by atoms with van der Waals surface area (Å²) in [5.41, 5.74) is 0.905. The van der Waals surface area contributed by atoms with Crippen molar-refractivity contribution in [2.45, 2.75) is 6.54 Å². The minimum Gasteiger partial charge on any atom is -0.478 e. The van der Waals surface area contributed by atoms with Gasteiger partial charge in [0.15, 0.2) is 0 Å². The summed E-state index contributed by atoms with van der Waals surface area (Å²) in [4.78, 5) is 10.8. The molecule has 0 spiro atoms. The molecule has 5 heteroatoms. The zero-order valence-corrected chi connectivity index (χ0v) is 9.38. The van der Waals surface area contributed by atoms with Crippen LogP contribution in [0, 0.1) is 11.3 Å². The number of hydrogen-bond acceptors (Lipinski definition) is 4. The fraction of sp³-hybridized carbons (Fsp3) is 0.0769. The second kappa shape index (κ2) is 5.06. The van der Waals surface area contributed by atoms with E-state index in [1.807, 2.05) is 6.07 Å². The third kappa shape index (κ3) is 2.68. The molecule has 0 amide bonds. The SMILES string of the molecule is N#Cc1ccc(CNc2cccc(C(=O)O)c2)o1. The van der Waals surface area contributed by atoms with Crippen molar-refractivity contribution in [2.24, 2.45) is 0 Å². The number of anilines is 1. The summed E-state index contributed by atoms with van der Waals surface area (Å²) < 4.78 is 5.19. The van der Waals surface area contributed by atoms with Gasteiger partial charge in [-0.15, -0.1) is 0 Å². The van der Waals surface area contributed by atoms with E-state index in [2.05, 4.69) is 5.32 Å². The second-order valence-corrected chi connectivity index (χ2v) is 3.62. The van der Waals surface area contributed by atoms with E-state index >= 15 is 0 Å². The third-order valence-electron chi connectivity index (χ3n) is 2.35. The molecular formula is C13H10N2O3. The molecule has 0 unspecified atom stereocenters. The van der Waals surface area contributed by atoms with E-state index in [0.29, 0.717) is 18.0 Å². The normalized spacial score (nSPS) is 9.72. The fourth-order valence-corrected chi connectivity index (χ4v) is 1.48. The summed E-state index contributed by atoms with van der Waals surface area (Å²) in [7, 11) is 0. The number of aromatic carboxylic acids is 1. The van der Waals surface area contributed by atoms with Crippen LogP contribution in [-0.2, 0) is 6.54 Å². The van der Waals surface area contributed by atoms with Crippen LogP contribution in [0.4, 0.5) is 5.69 Å². The molecule has 0 saturated carbocycles. The Morgan fingerprint density at radius 1 is 1.39 bits per heavy atom. The molecule has 90 valence electrons. The summed E-state index contributed by atoms with van der Waals surface area (Å²) in [5, 5.41) is 20.5. The molecule has 0 atom stereocenters. The molecule has 0 radical (unpaired) electrons. The molecule has 0 aliphatic heterocycles. The molecule has 5 nitrogen and oxygen atoms in total. The van der Waals surface area contributed by atoms with Crippen molar-refractivity contribution in [2.75, 3.05) is 5.32 Å². The van der Waals surface area contributed by atoms with Crippen LogP contribution in [0.1, 0.15) is 21.9 Å². The first-order chi connectivity index (χ1) is 8.69. The number of carboxylic acid groups (broad SMARTS) is 1. The van der Waals surface area contributed by atoms with Gasteiger partial charge in [-0.05, 0) is 30.3 Å². The van der Waals surface area contributed by atoms with Gasteiger partial charge in [0.1, 0.15) is 11.8 Å². The quantitative estimate of drug-likeness (QED) is 0.860. The number of rotatable bonds is 4. The van der Waals surface area contributed by atoms with E-state index in [1.165, 1.54) is 12.1 Å². The highest BCUT2D eigenvalue weighted by Crippen LogP contribution is 2.13. The van der Waals surface area contributed by atoms with Gasteiger partial charge in [-0.25, -0.2) is 4.79 Å². The fourth-order valence-electron chi connectivity index (χ4n) is 1.48. The largest absolute Gasteiger partial charge is 0.478 e. The maximum atomic E-state index is 10.8. The van der Waals surface area contributed by atoms with Crippen LogP contribution in [0.3, 0.4) is 0 Å². The predicted molar refractivity (Wildman–Crippen MR) is 64.2 cm³/mol. The van der Waals surface area contributed by atoms with Crippen molar-refractivity contribution >= 4 is 11.7 Å². The Hall–Kier alpha value is -2.74. The zero-order valence-electron chi connectivity index (χ0n) is 9.38. The number of hydrogen-bond donors (Lipinski definition) is 2. The second-order valence-electron chi connectivity index (χ2n) is 3.62. The van der Waals surface area contributed by atoms with Crippen molar-refractivity contribution < 1.29 is 14.3 Å². The van der Waals surface area contributed by atoms with Gasteiger partial charge in [-0.2, -0.15) is 5.26 Å². The number of furan rings is 1. The molecule has 2 rings (SSSR count). The number of nitrogens with zero attached hydrogens (tertiary/aromatic N) is 1. The molecule has 18 heavy (non-hydrogen) atoms. The first-order valence-corrected chi connectivity index (χ1v) is 5.25. The lowest BCUT2D eigenvalue weighted by Crippen LogP contribution is -2.01. The van der Waals surface area contributed by atoms with Gasteiger partial charge in [0.25, 0.3) is 0 Å². The highest BCUT2D eigenvalue weighted by Gasteiger charge is 2.04. The molecule has 0 bridgehead atoms. The molecule has 0 aliphatic rings. The Kier molecular flexibility index (Phi) is 3.30. The number of carboxylic acids is 1. The number of carbonyl (C=O) groups is 1. The van der Waals surface area contributed by atoms with Crippen molar-refractivity contribution in [1.82, 2.24) is 0 Å². The molecule has 2 aromatic rings. The van der Waals surface area contributed by atoms with Crippen LogP contribution in [0.25, 0.3) is 0 Å². The average molecular weight is 242 g/mol. The van der Waals surface area contributed by atoms with E-state index < -0.39 is 5.97 Å². The van der Waals surface area contributed by atoms with Crippen LogP contribution in [0.15, 0.2) is 40.8 Å². The number of nitriles is 1. The molecule has 0 saturated heterocycles. The van der Waals surface area contributed by atoms with Crippen LogP contribution in [-0.4, -0.2) is 11.1 Å². The van der Waals surface area contributed by atoms with Gasteiger partial charge in [0, 0.05) is 5.69 Å². The van der Waals surface area contributed by atoms with Crippen LogP contribution < -0.4 is 5.32 Å². The monoisotopic (exact) mass is 242 g/mol. The predicted octanol–water partition coefficient (Wildman–Crippen LogP) is 2.46. The minimum atomic E-state index is -0.969. The van der Waals surface area contributed by atoms with Gasteiger partial charge in [-0.1, -0.05) is 6.07 Å². The standard InChI is InChI=1S/C13H10N2O3/c14-7-11-4-5-12(18-11)8-15-10-3-1-2-9(6-10)13(16)17/h1-6,15H,8H2,(H,16,17). The van der Waals surface area contributed by atoms with Crippen LogP contribution in [0.2, 0.25) is 0 Å². The van der Waals surface area contributed by atoms with E-state index in [0.717, 1.165) is 0 Å². The smallest absolute Gasteiger partial charge is 0.335 e. The third-order valence-corrected chi connectivity index (χ3v) is 2.35. The Morgan fingerprint density at radius 2 is 2.22 bits per heavy atom. The Labute approximate surface area is 103 Å². The lowest BCUT2D eigenvalue weighted by molar-refractivity contribution is 0.0697. The Morgan fingerprint density at radius 3 is 2.89 bits per heavy atom. The molecule has 2 N–H and O–H groups in total. The van der Waals surface area contributed by atoms with Gasteiger partial charge in [-0.3, -0.25) is 0 Å². The maximum absolute atomic E-state index is 10.8. The summed E-state index contributed by atoms with van der Waals surface area (Å²) >= 11 is 0. The maximum Gasteiger partial charge on any atom is 0.335 e. The lowest BCUT2D eigenvalue weighted by atomic mass is 10.2. The van der Waals surface area contributed by atoms with Crippen LogP contribution >= 0.6 is 0 Å². The van der Waals surface area contributed by atoms with Crippen molar-refractivity contribution in [3.8, 4) is 6.07 Å². The van der Waals surface area contributed by atoms with Gasteiger partial charge in [0.2, 0.25) is 5.76 Å². The van der Waals surface area contributed by atoms with E-state index in [1.54, 1.807) is 24.3 Å². The van der Waals surface area contributed by atoms with E-state index in [-0.39, 0.29) is 11.3 Å². The van der Waals surface area contributed by atoms with E-state index in [4.69, 9.17) is 14.8 Å².